The molecule has 2 nitrogen and oxygen atoms in total. The molecule has 1 N–H and O–H groups in total. The molecule has 0 saturated carbocycles. The predicted molar refractivity (Wildman–Crippen MR) is 41.9 cm³/mol. The summed E-state index contributed by atoms with van der Waals surface area (Å²) in [6.07, 6.45) is 1.60. The number of nitrogens with zero attached hydrogens (tertiary/aromatic N) is 1. The zero-order chi connectivity index (χ0) is 7.78. The molecule has 1 rings (SSSR count). The summed E-state index contributed by atoms with van der Waals surface area (Å²) >= 11 is 0. The minimum atomic E-state index is -0.704. The Morgan fingerprint density at radius 3 is 2.70 bits per heavy atom. The molecule has 10 heavy (non-hydrogen) atoms. The highest BCUT2D eigenvalue weighted by molar-refractivity contribution is 4.99. The molecule has 0 aliphatic carbocycles. The van der Waals surface area contributed by atoms with E-state index in [9.17, 15) is 5.11 Å². The van der Waals surface area contributed by atoms with Crippen molar-refractivity contribution in [2.45, 2.75) is 25.5 Å². The third kappa shape index (κ3) is 1.82. The molecule has 0 aromatic rings. The Hall–Kier alpha value is -0.340. The molecule has 3 unspecified atom stereocenters. The summed E-state index contributed by atoms with van der Waals surface area (Å²) in [6, 6.07) is 0.659. The summed E-state index contributed by atoms with van der Waals surface area (Å²) in [5, 5.41) is 9.49. The van der Waals surface area contributed by atoms with E-state index in [1.165, 1.54) is 0 Å². The van der Waals surface area contributed by atoms with Crippen molar-refractivity contribution < 1.29 is 5.11 Å². The fourth-order valence-electron chi connectivity index (χ4n) is 0.988. The van der Waals surface area contributed by atoms with Gasteiger partial charge in [-0.2, -0.15) is 0 Å². The lowest BCUT2D eigenvalue weighted by atomic mass is 10.1. The minimum absolute atomic E-state index is 0.659. The summed E-state index contributed by atoms with van der Waals surface area (Å²) in [4.78, 5) is 2.21. The molecule has 1 aliphatic heterocycles. The second-order valence-electron chi connectivity index (χ2n) is 3.34. The molecule has 1 fully saturated rings. The molecule has 1 heterocycles. The zero-order valence-electron chi connectivity index (χ0n) is 6.67. The van der Waals surface area contributed by atoms with Gasteiger partial charge in [0.05, 0.1) is 5.60 Å². The van der Waals surface area contributed by atoms with Crippen molar-refractivity contribution in [2.75, 3.05) is 13.1 Å². The SMILES string of the molecule is C=CC(C)(O)CN1CC1C. The molecule has 58 valence electrons. The van der Waals surface area contributed by atoms with E-state index in [2.05, 4.69) is 18.4 Å². The first kappa shape index (κ1) is 7.76. The zero-order valence-corrected chi connectivity index (χ0v) is 6.67. The van der Waals surface area contributed by atoms with Crippen LogP contribution in [-0.4, -0.2) is 34.7 Å². The van der Waals surface area contributed by atoms with Crippen molar-refractivity contribution in [1.82, 2.24) is 4.90 Å². The quantitative estimate of drug-likeness (QED) is 0.460. The van der Waals surface area contributed by atoms with Gasteiger partial charge in [0, 0.05) is 19.1 Å². The predicted octanol–water partition coefficient (Wildman–Crippen LogP) is 0.627. The monoisotopic (exact) mass is 141 g/mol. The highest BCUT2D eigenvalue weighted by Gasteiger charge is 2.33. The second kappa shape index (κ2) is 2.36. The lowest BCUT2D eigenvalue weighted by Crippen LogP contribution is -2.30. The standard InChI is InChI=1S/C8H15NO/c1-4-8(3,10)6-9-5-7(9)2/h4,7,10H,1,5-6H2,2-3H3. The van der Waals surface area contributed by atoms with Gasteiger partial charge < -0.3 is 5.11 Å². The van der Waals surface area contributed by atoms with Gasteiger partial charge in [0.15, 0.2) is 0 Å². The number of β-amino-alcohol motifs (C(OH)–C–C–N with tert-alkyl or cyclic N) is 1. The van der Waals surface area contributed by atoms with Crippen molar-refractivity contribution >= 4 is 0 Å². The normalized spacial score (nSPS) is 36.7. The van der Waals surface area contributed by atoms with Crippen LogP contribution in [0.3, 0.4) is 0 Å². The maximum atomic E-state index is 9.49. The molecule has 0 bridgehead atoms. The molecule has 0 spiro atoms. The van der Waals surface area contributed by atoms with Gasteiger partial charge >= 0.3 is 0 Å². The van der Waals surface area contributed by atoms with E-state index >= 15 is 0 Å². The maximum absolute atomic E-state index is 9.49. The van der Waals surface area contributed by atoms with Crippen LogP contribution in [0.1, 0.15) is 13.8 Å². The first-order valence-electron chi connectivity index (χ1n) is 3.65. The fourth-order valence-corrected chi connectivity index (χ4v) is 0.988. The molecule has 0 radical (unpaired) electrons. The van der Waals surface area contributed by atoms with Crippen LogP contribution in [0.25, 0.3) is 0 Å². The van der Waals surface area contributed by atoms with Gasteiger partial charge in [0.1, 0.15) is 0 Å². The topological polar surface area (TPSA) is 23.2 Å². The average molecular weight is 141 g/mol. The van der Waals surface area contributed by atoms with Crippen LogP contribution in [0.2, 0.25) is 0 Å². The summed E-state index contributed by atoms with van der Waals surface area (Å²) in [7, 11) is 0. The van der Waals surface area contributed by atoms with Gasteiger partial charge in [-0.15, -0.1) is 6.58 Å². The third-order valence-electron chi connectivity index (χ3n) is 1.95. The lowest BCUT2D eigenvalue weighted by Gasteiger charge is -2.18. The maximum Gasteiger partial charge on any atom is 0.0923 e. The largest absolute Gasteiger partial charge is 0.385 e. The molecule has 1 saturated heterocycles. The van der Waals surface area contributed by atoms with Crippen LogP contribution < -0.4 is 0 Å². The van der Waals surface area contributed by atoms with E-state index in [-0.39, 0.29) is 0 Å². The van der Waals surface area contributed by atoms with Gasteiger partial charge in [-0.1, -0.05) is 6.08 Å². The Labute approximate surface area is 62.2 Å². The fraction of sp³-hybridized carbons (Fsp3) is 0.750. The van der Waals surface area contributed by atoms with Gasteiger partial charge in [-0.3, -0.25) is 4.90 Å². The summed E-state index contributed by atoms with van der Waals surface area (Å²) in [5.41, 5.74) is -0.704. The van der Waals surface area contributed by atoms with Crippen molar-refractivity contribution in [3.8, 4) is 0 Å². The second-order valence-corrected chi connectivity index (χ2v) is 3.34. The summed E-state index contributed by atoms with van der Waals surface area (Å²) in [5.74, 6) is 0. The van der Waals surface area contributed by atoms with E-state index in [4.69, 9.17) is 0 Å². The average Bonchev–Trinajstić information content (AvgIpc) is 2.46. The van der Waals surface area contributed by atoms with Crippen molar-refractivity contribution in [3.05, 3.63) is 12.7 Å². The minimum Gasteiger partial charge on any atom is -0.385 e. The highest BCUT2D eigenvalue weighted by Crippen LogP contribution is 2.20. The highest BCUT2D eigenvalue weighted by atomic mass is 16.3. The van der Waals surface area contributed by atoms with Crippen LogP contribution in [0.5, 0.6) is 0 Å². The van der Waals surface area contributed by atoms with E-state index < -0.39 is 5.60 Å². The van der Waals surface area contributed by atoms with Crippen LogP contribution >= 0.6 is 0 Å². The number of hydrogen-bond donors (Lipinski definition) is 1. The van der Waals surface area contributed by atoms with Gasteiger partial charge in [0.25, 0.3) is 0 Å². The van der Waals surface area contributed by atoms with Crippen LogP contribution in [-0.2, 0) is 0 Å². The van der Waals surface area contributed by atoms with E-state index in [1.807, 2.05) is 0 Å². The van der Waals surface area contributed by atoms with Gasteiger partial charge in [-0.25, -0.2) is 0 Å². The Morgan fingerprint density at radius 1 is 1.90 bits per heavy atom. The van der Waals surface area contributed by atoms with Crippen molar-refractivity contribution in [3.63, 3.8) is 0 Å². The Kier molecular flexibility index (Phi) is 1.84. The van der Waals surface area contributed by atoms with Gasteiger partial charge in [0.2, 0.25) is 0 Å². The van der Waals surface area contributed by atoms with Crippen molar-refractivity contribution in [2.24, 2.45) is 0 Å². The first-order chi connectivity index (χ1) is 4.55. The smallest absolute Gasteiger partial charge is 0.0923 e. The molecular formula is C8H15NO. The Morgan fingerprint density at radius 2 is 2.40 bits per heavy atom. The Balaban J connectivity index is 2.30. The summed E-state index contributed by atoms with van der Waals surface area (Å²) < 4.78 is 0. The number of hydrogen-bond acceptors (Lipinski definition) is 2. The van der Waals surface area contributed by atoms with E-state index in [0.29, 0.717) is 6.04 Å². The molecular weight excluding hydrogens is 126 g/mol. The molecule has 0 aromatic heterocycles. The Bertz CT molecular complexity index is 142. The molecule has 1 aliphatic rings. The van der Waals surface area contributed by atoms with Crippen LogP contribution in [0.4, 0.5) is 0 Å². The number of rotatable bonds is 3. The van der Waals surface area contributed by atoms with E-state index in [1.54, 1.807) is 13.0 Å². The molecule has 0 amide bonds. The van der Waals surface area contributed by atoms with Gasteiger partial charge in [-0.05, 0) is 13.8 Å². The molecule has 3 atom stereocenters. The third-order valence-corrected chi connectivity index (χ3v) is 1.95. The van der Waals surface area contributed by atoms with Crippen molar-refractivity contribution in [1.29, 1.82) is 0 Å². The lowest BCUT2D eigenvalue weighted by molar-refractivity contribution is 0.0922. The first-order valence-corrected chi connectivity index (χ1v) is 3.65. The van der Waals surface area contributed by atoms with E-state index in [0.717, 1.165) is 13.1 Å². The molecule has 0 aromatic carbocycles. The van der Waals surface area contributed by atoms with Crippen LogP contribution in [0.15, 0.2) is 12.7 Å². The number of aliphatic hydroxyl groups is 1. The molecule has 2 heteroatoms. The summed E-state index contributed by atoms with van der Waals surface area (Å²) in [6.45, 7) is 9.33. The van der Waals surface area contributed by atoms with Crippen LogP contribution in [0, 0.1) is 0 Å².